The SMILES string of the molecule is FC(F)(F)OCCNCC1CC2CCC1C2. The summed E-state index contributed by atoms with van der Waals surface area (Å²) in [5.41, 5.74) is 0. The maximum atomic E-state index is 11.7. The van der Waals surface area contributed by atoms with Gasteiger partial charge < -0.3 is 5.32 Å². The van der Waals surface area contributed by atoms with Crippen LogP contribution in [0.3, 0.4) is 0 Å². The van der Waals surface area contributed by atoms with Gasteiger partial charge in [-0.15, -0.1) is 13.2 Å². The third-order valence-corrected chi connectivity index (χ3v) is 3.84. The highest BCUT2D eigenvalue weighted by Crippen LogP contribution is 2.47. The molecule has 2 aliphatic rings. The fraction of sp³-hybridized carbons (Fsp3) is 1.00. The summed E-state index contributed by atoms with van der Waals surface area (Å²) in [7, 11) is 0. The fourth-order valence-corrected chi connectivity index (χ4v) is 3.15. The van der Waals surface area contributed by atoms with Crippen LogP contribution in [-0.2, 0) is 4.74 Å². The van der Waals surface area contributed by atoms with E-state index in [1.165, 1.54) is 25.7 Å². The lowest BCUT2D eigenvalue weighted by molar-refractivity contribution is -0.323. The number of fused-ring (bicyclic) bond motifs is 2. The Bertz CT molecular complexity index is 232. The average molecular weight is 237 g/mol. The number of hydrogen-bond donors (Lipinski definition) is 1. The van der Waals surface area contributed by atoms with Crippen molar-refractivity contribution in [2.24, 2.45) is 17.8 Å². The number of hydrogen-bond acceptors (Lipinski definition) is 2. The first kappa shape index (κ1) is 12.2. The van der Waals surface area contributed by atoms with Crippen LogP contribution in [0.2, 0.25) is 0 Å². The van der Waals surface area contributed by atoms with E-state index in [1.807, 2.05) is 0 Å². The molecule has 0 aliphatic heterocycles. The van der Waals surface area contributed by atoms with Crippen LogP contribution in [-0.4, -0.2) is 26.1 Å². The molecule has 2 aliphatic carbocycles. The second-order valence-corrected chi connectivity index (χ2v) is 4.93. The van der Waals surface area contributed by atoms with Gasteiger partial charge in [-0.05, 0) is 43.6 Å². The Labute approximate surface area is 93.5 Å². The Balaban J connectivity index is 1.52. The van der Waals surface area contributed by atoms with Crippen molar-refractivity contribution in [2.45, 2.75) is 32.0 Å². The van der Waals surface area contributed by atoms with Crippen molar-refractivity contribution in [3.8, 4) is 0 Å². The predicted octanol–water partition coefficient (Wildman–Crippen LogP) is 2.55. The maximum absolute atomic E-state index is 11.7. The van der Waals surface area contributed by atoms with Gasteiger partial charge in [0.05, 0.1) is 6.61 Å². The molecule has 0 spiro atoms. The van der Waals surface area contributed by atoms with Crippen molar-refractivity contribution in [1.29, 1.82) is 0 Å². The standard InChI is InChI=1S/C11H18F3NO/c12-11(13,14)16-4-3-15-7-10-6-8-1-2-9(10)5-8/h8-10,15H,1-7H2. The lowest BCUT2D eigenvalue weighted by atomic mass is 9.89. The molecule has 2 fully saturated rings. The van der Waals surface area contributed by atoms with Gasteiger partial charge >= 0.3 is 6.36 Å². The van der Waals surface area contributed by atoms with Gasteiger partial charge in [0.2, 0.25) is 0 Å². The minimum absolute atomic E-state index is 0.285. The van der Waals surface area contributed by atoms with Gasteiger partial charge in [-0.25, -0.2) is 0 Å². The lowest BCUT2D eigenvalue weighted by Crippen LogP contribution is -2.30. The molecule has 16 heavy (non-hydrogen) atoms. The van der Waals surface area contributed by atoms with E-state index in [0.717, 1.165) is 18.4 Å². The van der Waals surface area contributed by atoms with Gasteiger partial charge in [0.1, 0.15) is 0 Å². The lowest BCUT2D eigenvalue weighted by Gasteiger charge is -2.21. The summed E-state index contributed by atoms with van der Waals surface area (Å²) in [4.78, 5) is 0. The molecule has 94 valence electrons. The summed E-state index contributed by atoms with van der Waals surface area (Å²) < 4.78 is 38.7. The van der Waals surface area contributed by atoms with Crippen LogP contribution in [0.4, 0.5) is 13.2 Å². The average Bonchev–Trinajstić information content (AvgIpc) is 2.76. The Morgan fingerprint density at radius 1 is 1.19 bits per heavy atom. The molecule has 3 atom stereocenters. The molecule has 2 rings (SSSR count). The molecule has 0 aromatic heterocycles. The van der Waals surface area contributed by atoms with Gasteiger partial charge in [-0.2, -0.15) is 0 Å². The normalized spacial score (nSPS) is 33.6. The largest absolute Gasteiger partial charge is 0.522 e. The van der Waals surface area contributed by atoms with Gasteiger partial charge in [0.25, 0.3) is 0 Å². The van der Waals surface area contributed by atoms with Crippen molar-refractivity contribution in [2.75, 3.05) is 19.7 Å². The minimum Gasteiger partial charge on any atom is -0.314 e. The zero-order chi connectivity index (χ0) is 11.6. The van der Waals surface area contributed by atoms with Gasteiger partial charge in [-0.3, -0.25) is 4.74 Å². The van der Waals surface area contributed by atoms with Gasteiger partial charge in [0.15, 0.2) is 0 Å². The van der Waals surface area contributed by atoms with E-state index in [4.69, 9.17) is 0 Å². The van der Waals surface area contributed by atoms with E-state index in [1.54, 1.807) is 0 Å². The zero-order valence-corrected chi connectivity index (χ0v) is 9.22. The molecule has 0 aromatic rings. The number of halogens is 3. The highest BCUT2D eigenvalue weighted by atomic mass is 19.4. The molecule has 2 bridgehead atoms. The summed E-state index contributed by atoms with van der Waals surface area (Å²) >= 11 is 0. The van der Waals surface area contributed by atoms with Crippen LogP contribution < -0.4 is 5.32 Å². The molecule has 2 nitrogen and oxygen atoms in total. The first-order valence-electron chi connectivity index (χ1n) is 5.96. The molecular weight excluding hydrogens is 219 g/mol. The van der Waals surface area contributed by atoms with Crippen molar-refractivity contribution < 1.29 is 17.9 Å². The fourth-order valence-electron chi connectivity index (χ4n) is 3.15. The highest BCUT2D eigenvalue weighted by Gasteiger charge is 2.38. The van der Waals surface area contributed by atoms with Crippen LogP contribution in [0.1, 0.15) is 25.7 Å². The van der Waals surface area contributed by atoms with Crippen molar-refractivity contribution in [3.05, 3.63) is 0 Å². The number of nitrogens with one attached hydrogen (secondary N) is 1. The Hall–Kier alpha value is -0.290. The zero-order valence-electron chi connectivity index (χ0n) is 9.22. The van der Waals surface area contributed by atoms with Crippen LogP contribution in [0, 0.1) is 17.8 Å². The monoisotopic (exact) mass is 237 g/mol. The summed E-state index contributed by atoms with van der Waals surface area (Å²) in [5.74, 6) is 2.40. The Morgan fingerprint density at radius 2 is 2.00 bits per heavy atom. The van der Waals surface area contributed by atoms with E-state index in [-0.39, 0.29) is 13.2 Å². The smallest absolute Gasteiger partial charge is 0.314 e. The molecule has 3 unspecified atom stereocenters. The predicted molar refractivity (Wildman–Crippen MR) is 53.8 cm³/mol. The van der Waals surface area contributed by atoms with Crippen molar-refractivity contribution >= 4 is 0 Å². The van der Waals surface area contributed by atoms with Crippen molar-refractivity contribution in [3.63, 3.8) is 0 Å². The van der Waals surface area contributed by atoms with E-state index in [0.29, 0.717) is 5.92 Å². The topological polar surface area (TPSA) is 21.3 Å². The first-order chi connectivity index (χ1) is 7.54. The van der Waals surface area contributed by atoms with Crippen molar-refractivity contribution in [1.82, 2.24) is 5.32 Å². The molecule has 0 heterocycles. The number of rotatable bonds is 5. The van der Waals surface area contributed by atoms with Crippen LogP contribution >= 0.6 is 0 Å². The highest BCUT2D eigenvalue weighted by molar-refractivity contribution is 4.90. The van der Waals surface area contributed by atoms with Crippen LogP contribution in [0.5, 0.6) is 0 Å². The third kappa shape index (κ3) is 3.35. The Morgan fingerprint density at radius 3 is 2.56 bits per heavy atom. The molecule has 0 radical (unpaired) electrons. The third-order valence-electron chi connectivity index (χ3n) is 3.84. The van der Waals surface area contributed by atoms with Gasteiger partial charge in [0, 0.05) is 6.54 Å². The van der Waals surface area contributed by atoms with E-state index >= 15 is 0 Å². The quantitative estimate of drug-likeness (QED) is 0.742. The summed E-state index contributed by atoms with van der Waals surface area (Å²) in [6.45, 7) is 0.847. The second kappa shape index (κ2) is 4.92. The van der Waals surface area contributed by atoms with E-state index < -0.39 is 6.36 Å². The molecule has 0 aromatic carbocycles. The van der Waals surface area contributed by atoms with Crippen LogP contribution in [0.15, 0.2) is 0 Å². The molecule has 5 heteroatoms. The summed E-state index contributed by atoms with van der Waals surface area (Å²) in [5, 5.41) is 3.06. The first-order valence-corrected chi connectivity index (χ1v) is 5.96. The van der Waals surface area contributed by atoms with Gasteiger partial charge in [-0.1, -0.05) is 6.42 Å². The molecule has 0 saturated heterocycles. The minimum atomic E-state index is -4.49. The number of ether oxygens (including phenoxy) is 1. The molecular formula is C11H18F3NO. The summed E-state index contributed by atoms with van der Waals surface area (Å²) in [6, 6.07) is 0. The number of alkyl halides is 3. The molecule has 0 amide bonds. The Kier molecular flexibility index (Phi) is 3.74. The maximum Gasteiger partial charge on any atom is 0.522 e. The second-order valence-electron chi connectivity index (χ2n) is 4.93. The van der Waals surface area contributed by atoms with E-state index in [2.05, 4.69) is 10.1 Å². The van der Waals surface area contributed by atoms with E-state index in [9.17, 15) is 13.2 Å². The molecule has 1 N–H and O–H groups in total. The summed E-state index contributed by atoms with van der Waals surface area (Å²) in [6.07, 6.45) is 0.783. The van der Waals surface area contributed by atoms with Crippen LogP contribution in [0.25, 0.3) is 0 Å². The molecule has 2 saturated carbocycles.